The average molecular weight is 520 g/mol. The van der Waals surface area contributed by atoms with Crippen LogP contribution < -0.4 is 5.32 Å². The number of sulfonamides is 1. The number of carbonyl (C=O) groups is 1. The first kappa shape index (κ1) is 25.3. The van der Waals surface area contributed by atoms with E-state index < -0.39 is 44.8 Å². The molecule has 0 saturated carbocycles. The molecule has 1 saturated heterocycles. The van der Waals surface area contributed by atoms with Gasteiger partial charge >= 0.3 is 0 Å². The van der Waals surface area contributed by atoms with Gasteiger partial charge in [-0.2, -0.15) is 4.31 Å². The molecule has 2 atom stereocenters. The third-order valence-electron chi connectivity index (χ3n) is 5.67. The molecule has 35 heavy (non-hydrogen) atoms. The minimum absolute atomic E-state index is 0.0365. The number of nitrogens with zero attached hydrogens (tertiary/aromatic N) is 1. The van der Waals surface area contributed by atoms with E-state index in [2.05, 4.69) is 12.2 Å². The lowest BCUT2D eigenvalue weighted by Gasteiger charge is -2.25. The van der Waals surface area contributed by atoms with E-state index in [1.165, 1.54) is 36.4 Å². The summed E-state index contributed by atoms with van der Waals surface area (Å²) < 4.78 is 70.2. The number of rotatable bonds is 7. The van der Waals surface area contributed by atoms with Gasteiger partial charge in [0.1, 0.15) is 22.8 Å². The van der Waals surface area contributed by atoms with Crippen LogP contribution in [0.1, 0.15) is 18.0 Å². The third-order valence-corrected chi connectivity index (χ3v) is 8.89. The van der Waals surface area contributed by atoms with Gasteiger partial charge in [-0.05, 0) is 42.3 Å². The Morgan fingerprint density at radius 3 is 2.26 bits per heavy atom. The van der Waals surface area contributed by atoms with Crippen LogP contribution in [0, 0.1) is 24.4 Å². The second-order valence-corrected chi connectivity index (χ2v) is 10.9. The monoisotopic (exact) mass is 519 g/mol. The van der Waals surface area contributed by atoms with Gasteiger partial charge in [0.15, 0.2) is 0 Å². The first-order chi connectivity index (χ1) is 16.7. The number of benzene rings is 3. The minimum Gasteiger partial charge on any atom is -0.347 e. The van der Waals surface area contributed by atoms with Gasteiger partial charge in [-0.15, -0.1) is 11.8 Å². The van der Waals surface area contributed by atoms with Crippen molar-refractivity contribution in [1.82, 2.24) is 9.62 Å². The maximum absolute atomic E-state index is 14.2. The summed E-state index contributed by atoms with van der Waals surface area (Å²) in [7, 11) is -4.07. The number of hydrogen-bond acceptors (Lipinski definition) is 4. The molecule has 1 N–H and O–H groups in total. The second-order valence-electron chi connectivity index (χ2n) is 7.83. The highest BCUT2D eigenvalue weighted by atomic mass is 32.2. The highest BCUT2D eigenvalue weighted by molar-refractivity contribution is 8.02. The molecular weight excluding hydrogens is 497 g/mol. The number of nitrogens with one attached hydrogen (secondary N) is 1. The fourth-order valence-corrected chi connectivity index (χ4v) is 7.00. The van der Waals surface area contributed by atoms with E-state index in [1.54, 1.807) is 18.2 Å². The number of amides is 1. The summed E-state index contributed by atoms with van der Waals surface area (Å²) >= 11 is 1.12. The lowest BCUT2D eigenvalue weighted by Crippen LogP contribution is -2.45. The molecule has 1 amide bonds. The molecule has 0 unspecified atom stereocenters. The molecule has 0 aliphatic carbocycles. The maximum atomic E-state index is 14.2. The molecule has 3 aromatic rings. The molecule has 1 aliphatic rings. The molecular formula is C25H22F3N2O3S2. The van der Waals surface area contributed by atoms with Crippen LogP contribution in [0.4, 0.5) is 13.2 Å². The number of halogens is 3. The lowest BCUT2D eigenvalue weighted by atomic mass is 10.0. The Balaban J connectivity index is 1.55. The average Bonchev–Trinajstić information content (AvgIpc) is 3.35. The zero-order valence-corrected chi connectivity index (χ0v) is 20.1. The topological polar surface area (TPSA) is 66.5 Å². The molecule has 4 rings (SSSR count). The van der Waals surface area contributed by atoms with E-state index in [-0.39, 0.29) is 23.4 Å². The Hall–Kier alpha value is -2.82. The summed E-state index contributed by atoms with van der Waals surface area (Å²) in [5.41, 5.74) is 0.527. The van der Waals surface area contributed by atoms with Gasteiger partial charge in [0, 0.05) is 23.4 Å². The SMILES string of the molecule is [CH2]C[C@H](NC(=O)[C@@H]1SCCN1S(=O)(=O)c1ccc(-c2ccccc2F)cc1)c1c(F)cccc1F. The van der Waals surface area contributed by atoms with E-state index in [9.17, 15) is 26.4 Å². The number of thioether (sulfide) groups is 1. The minimum atomic E-state index is -4.07. The predicted octanol–water partition coefficient (Wildman–Crippen LogP) is 4.92. The van der Waals surface area contributed by atoms with Gasteiger partial charge < -0.3 is 5.32 Å². The first-order valence-electron chi connectivity index (χ1n) is 10.8. The van der Waals surface area contributed by atoms with E-state index >= 15 is 0 Å². The van der Waals surface area contributed by atoms with Crippen LogP contribution >= 0.6 is 11.8 Å². The van der Waals surface area contributed by atoms with Crippen molar-refractivity contribution in [3.63, 3.8) is 0 Å². The van der Waals surface area contributed by atoms with Crippen molar-refractivity contribution < 1.29 is 26.4 Å². The van der Waals surface area contributed by atoms with E-state index in [0.717, 1.165) is 28.2 Å². The smallest absolute Gasteiger partial charge is 0.249 e. The molecule has 0 spiro atoms. The summed E-state index contributed by atoms with van der Waals surface area (Å²) in [5, 5.41) is 1.43. The number of carbonyl (C=O) groups excluding carboxylic acids is 1. The van der Waals surface area contributed by atoms with Crippen LogP contribution in [0.15, 0.2) is 71.6 Å². The van der Waals surface area contributed by atoms with Crippen molar-refractivity contribution in [3.05, 3.63) is 96.7 Å². The Bertz CT molecular complexity index is 1310. The summed E-state index contributed by atoms with van der Waals surface area (Å²) in [4.78, 5) is 13.0. The van der Waals surface area contributed by atoms with E-state index in [0.29, 0.717) is 16.9 Å². The predicted molar refractivity (Wildman–Crippen MR) is 129 cm³/mol. The van der Waals surface area contributed by atoms with Gasteiger partial charge in [-0.1, -0.05) is 43.3 Å². The van der Waals surface area contributed by atoms with Gasteiger partial charge in [0.05, 0.1) is 10.9 Å². The van der Waals surface area contributed by atoms with Crippen LogP contribution in [-0.2, 0) is 14.8 Å². The van der Waals surface area contributed by atoms with Gasteiger partial charge in [-0.25, -0.2) is 21.6 Å². The molecule has 10 heteroatoms. The third kappa shape index (κ3) is 5.10. The first-order valence-corrected chi connectivity index (χ1v) is 13.2. The molecule has 0 aromatic heterocycles. The van der Waals surface area contributed by atoms with Crippen molar-refractivity contribution in [2.24, 2.45) is 0 Å². The normalized spacial score (nSPS) is 17.3. The summed E-state index contributed by atoms with van der Waals surface area (Å²) in [6, 6.07) is 14.2. The van der Waals surface area contributed by atoms with Gasteiger partial charge in [0.25, 0.3) is 0 Å². The number of hydrogen-bond donors (Lipinski definition) is 1. The molecule has 1 radical (unpaired) electrons. The van der Waals surface area contributed by atoms with E-state index in [1.807, 2.05) is 0 Å². The van der Waals surface area contributed by atoms with Gasteiger partial charge in [0.2, 0.25) is 15.9 Å². The maximum Gasteiger partial charge on any atom is 0.249 e. The van der Waals surface area contributed by atoms with Crippen molar-refractivity contribution in [1.29, 1.82) is 0 Å². The summed E-state index contributed by atoms with van der Waals surface area (Å²) in [5.74, 6) is -2.39. The van der Waals surface area contributed by atoms with Crippen molar-refractivity contribution in [2.45, 2.75) is 22.7 Å². The molecule has 1 heterocycles. The van der Waals surface area contributed by atoms with Crippen LogP contribution in [0.2, 0.25) is 0 Å². The molecule has 5 nitrogen and oxygen atoms in total. The quantitative estimate of drug-likeness (QED) is 0.482. The Labute approximate surface area is 206 Å². The highest BCUT2D eigenvalue weighted by Crippen LogP contribution is 2.33. The lowest BCUT2D eigenvalue weighted by molar-refractivity contribution is -0.122. The summed E-state index contributed by atoms with van der Waals surface area (Å²) in [6.45, 7) is 3.75. The molecule has 1 fully saturated rings. The van der Waals surface area contributed by atoms with Crippen LogP contribution in [-0.4, -0.2) is 36.3 Å². The standard InChI is InChI=1S/C25H22F3N2O3S2/c1-2-22(23-20(27)8-5-9-21(23)28)29-24(31)25-30(14-15-34-25)35(32,33)17-12-10-16(11-13-17)18-6-3-4-7-19(18)26/h3-13,22,25H,1-2,14-15H2,(H,29,31)/t22-,25-/m0/s1. The van der Waals surface area contributed by atoms with Crippen LogP contribution in [0.3, 0.4) is 0 Å². The van der Waals surface area contributed by atoms with Crippen molar-refractivity contribution in [3.8, 4) is 11.1 Å². The zero-order valence-electron chi connectivity index (χ0n) is 18.5. The molecule has 183 valence electrons. The van der Waals surface area contributed by atoms with E-state index in [4.69, 9.17) is 0 Å². The molecule has 3 aromatic carbocycles. The molecule has 1 aliphatic heterocycles. The fourth-order valence-electron chi connectivity index (χ4n) is 3.92. The highest BCUT2D eigenvalue weighted by Gasteiger charge is 2.41. The largest absolute Gasteiger partial charge is 0.347 e. The Morgan fingerprint density at radius 2 is 1.63 bits per heavy atom. The van der Waals surface area contributed by atoms with Gasteiger partial charge in [-0.3, -0.25) is 4.79 Å². The molecule has 0 bridgehead atoms. The van der Waals surface area contributed by atoms with Crippen LogP contribution in [0.25, 0.3) is 11.1 Å². The van der Waals surface area contributed by atoms with Crippen molar-refractivity contribution in [2.75, 3.05) is 12.3 Å². The zero-order chi connectivity index (χ0) is 25.2. The fraction of sp³-hybridized carbons (Fsp3) is 0.200. The second kappa shape index (κ2) is 10.4. The summed E-state index contributed by atoms with van der Waals surface area (Å²) in [6.07, 6.45) is -0.0365. The Morgan fingerprint density at radius 1 is 1.00 bits per heavy atom. The van der Waals surface area contributed by atoms with Crippen molar-refractivity contribution >= 4 is 27.7 Å². The van der Waals surface area contributed by atoms with Crippen LogP contribution in [0.5, 0.6) is 0 Å². The Kier molecular flexibility index (Phi) is 7.53.